The van der Waals surface area contributed by atoms with Gasteiger partial charge in [0, 0.05) is 6.20 Å². The van der Waals surface area contributed by atoms with Crippen LogP contribution in [0.3, 0.4) is 0 Å². The number of nitrogens with one attached hydrogen (secondary N) is 1. The molecule has 1 aromatic carbocycles. The molecule has 0 amide bonds. The minimum absolute atomic E-state index is 0.0163. The molecule has 0 spiro atoms. The van der Waals surface area contributed by atoms with Gasteiger partial charge in [0.1, 0.15) is 5.82 Å². The van der Waals surface area contributed by atoms with E-state index in [9.17, 15) is 8.78 Å². The van der Waals surface area contributed by atoms with E-state index in [2.05, 4.69) is 10.3 Å². The number of nitrogens with zero attached hydrogens (tertiary/aromatic N) is 1. The lowest BCUT2D eigenvalue weighted by molar-refractivity contribution is 0.621. The number of hydrogen-bond donors (Lipinski definition) is 1. The van der Waals surface area contributed by atoms with Crippen LogP contribution in [0.25, 0.3) is 0 Å². The lowest BCUT2D eigenvalue weighted by Crippen LogP contribution is -1.98. The first-order chi connectivity index (χ1) is 7.27. The van der Waals surface area contributed by atoms with Gasteiger partial charge < -0.3 is 5.32 Å². The molecule has 0 aliphatic rings. The van der Waals surface area contributed by atoms with E-state index in [1.54, 1.807) is 12.1 Å². The highest BCUT2D eigenvalue weighted by Gasteiger charge is 2.05. The van der Waals surface area contributed by atoms with Crippen LogP contribution in [0.2, 0.25) is 0 Å². The van der Waals surface area contributed by atoms with Gasteiger partial charge in [-0.2, -0.15) is 0 Å². The molecule has 0 saturated carbocycles. The van der Waals surface area contributed by atoms with Gasteiger partial charge in [0.25, 0.3) is 0 Å². The van der Waals surface area contributed by atoms with Crippen molar-refractivity contribution in [2.24, 2.45) is 0 Å². The van der Waals surface area contributed by atoms with Gasteiger partial charge in [-0.05, 0) is 24.3 Å². The van der Waals surface area contributed by atoms with Crippen LogP contribution < -0.4 is 5.32 Å². The smallest absolute Gasteiger partial charge is 0.166 e. The van der Waals surface area contributed by atoms with Crippen LogP contribution in [0.4, 0.5) is 20.3 Å². The Hall–Kier alpha value is -1.97. The fraction of sp³-hybridized carbons (Fsp3) is 0. The highest BCUT2D eigenvalue weighted by Crippen LogP contribution is 2.19. The van der Waals surface area contributed by atoms with Crippen LogP contribution >= 0.6 is 0 Å². The molecular formula is C11H8F2N2. The third-order valence-electron chi connectivity index (χ3n) is 1.89. The molecule has 2 aromatic rings. The van der Waals surface area contributed by atoms with E-state index in [-0.39, 0.29) is 11.5 Å². The van der Waals surface area contributed by atoms with Crippen molar-refractivity contribution in [3.63, 3.8) is 0 Å². The van der Waals surface area contributed by atoms with Gasteiger partial charge in [-0.1, -0.05) is 12.1 Å². The molecule has 2 rings (SSSR count). The number of halogens is 2. The first-order valence-corrected chi connectivity index (χ1v) is 4.39. The number of pyridine rings is 1. The zero-order chi connectivity index (χ0) is 10.7. The van der Waals surface area contributed by atoms with E-state index in [1.807, 2.05) is 0 Å². The standard InChI is InChI=1S/C11H8F2N2/c12-8-4-1-2-6-10(8)15-11-9(13)5-3-7-14-11/h1-7H,(H,14,15). The summed E-state index contributed by atoms with van der Waals surface area (Å²) in [4.78, 5) is 3.76. The van der Waals surface area contributed by atoms with Crippen LogP contribution in [0.1, 0.15) is 0 Å². The Bertz CT molecular complexity index is 428. The van der Waals surface area contributed by atoms with E-state index < -0.39 is 11.6 Å². The Morgan fingerprint density at radius 2 is 1.67 bits per heavy atom. The monoisotopic (exact) mass is 206 g/mol. The number of aromatic nitrogens is 1. The van der Waals surface area contributed by atoms with E-state index in [1.165, 1.54) is 30.5 Å². The van der Waals surface area contributed by atoms with Crippen molar-refractivity contribution in [2.75, 3.05) is 5.32 Å². The van der Waals surface area contributed by atoms with Crippen LogP contribution in [0.5, 0.6) is 0 Å². The summed E-state index contributed by atoms with van der Waals surface area (Å²) < 4.78 is 26.4. The summed E-state index contributed by atoms with van der Waals surface area (Å²) in [5.41, 5.74) is 0.204. The molecule has 76 valence electrons. The Morgan fingerprint density at radius 3 is 2.40 bits per heavy atom. The number of anilines is 2. The van der Waals surface area contributed by atoms with E-state index in [4.69, 9.17) is 0 Å². The van der Waals surface area contributed by atoms with Crippen molar-refractivity contribution >= 4 is 11.5 Å². The summed E-state index contributed by atoms with van der Waals surface area (Å²) in [6.07, 6.45) is 1.44. The van der Waals surface area contributed by atoms with Crippen LogP contribution in [0, 0.1) is 11.6 Å². The van der Waals surface area contributed by atoms with Crippen LogP contribution in [-0.2, 0) is 0 Å². The maximum Gasteiger partial charge on any atom is 0.166 e. The minimum Gasteiger partial charge on any atom is -0.335 e. The molecule has 4 heteroatoms. The summed E-state index contributed by atoms with van der Waals surface area (Å²) in [6.45, 7) is 0. The molecule has 0 aliphatic carbocycles. The Labute approximate surface area is 85.6 Å². The van der Waals surface area contributed by atoms with Crippen LogP contribution in [0.15, 0.2) is 42.6 Å². The summed E-state index contributed by atoms with van der Waals surface area (Å²) in [7, 11) is 0. The molecule has 0 bridgehead atoms. The Morgan fingerprint density at radius 1 is 0.933 bits per heavy atom. The van der Waals surface area contributed by atoms with Gasteiger partial charge in [0.2, 0.25) is 0 Å². The highest BCUT2D eigenvalue weighted by molar-refractivity contribution is 5.56. The largest absolute Gasteiger partial charge is 0.335 e. The topological polar surface area (TPSA) is 24.9 Å². The predicted octanol–water partition coefficient (Wildman–Crippen LogP) is 3.10. The molecule has 1 aromatic heterocycles. The van der Waals surface area contributed by atoms with Crippen molar-refractivity contribution in [3.05, 3.63) is 54.2 Å². The minimum atomic E-state index is -0.513. The molecule has 0 aliphatic heterocycles. The van der Waals surface area contributed by atoms with Crippen molar-refractivity contribution in [1.82, 2.24) is 4.98 Å². The normalized spacial score (nSPS) is 10.0. The number of para-hydroxylation sites is 1. The van der Waals surface area contributed by atoms with Gasteiger partial charge >= 0.3 is 0 Å². The molecular weight excluding hydrogens is 198 g/mol. The van der Waals surface area contributed by atoms with Gasteiger partial charge in [-0.15, -0.1) is 0 Å². The molecule has 2 nitrogen and oxygen atoms in total. The fourth-order valence-corrected chi connectivity index (χ4v) is 1.17. The molecule has 15 heavy (non-hydrogen) atoms. The summed E-state index contributed by atoms with van der Waals surface area (Å²) in [5, 5.41) is 2.58. The zero-order valence-electron chi connectivity index (χ0n) is 7.74. The molecule has 0 saturated heterocycles. The maximum absolute atomic E-state index is 13.2. The molecule has 0 unspecified atom stereocenters. The second kappa shape index (κ2) is 4.04. The van der Waals surface area contributed by atoms with Crippen molar-refractivity contribution in [3.8, 4) is 0 Å². The average Bonchev–Trinajstić information content (AvgIpc) is 2.24. The number of hydrogen-bond acceptors (Lipinski definition) is 2. The fourth-order valence-electron chi connectivity index (χ4n) is 1.17. The third kappa shape index (κ3) is 2.10. The average molecular weight is 206 g/mol. The van der Waals surface area contributed by atoms with Gasteiger partial charge in [-0.3, -0.25) is 0 Å². The van der Waals surface area contributed by atoms with Gasteiger partial charge in [-0.25, -0.2) is 13.8 Å². The zero-order valence-corrected chi connectivity index (χ0v) is 7.74. The van der Waals surface area contributed by atoms with E-state index >= 15 is 0 Å². The van der Waals surface area contributed by atoms with Gasteiger partial charge in [0.15, 0.2) is 11.6 Å². The number of rotatable bonds is 2. The SMILES string of the molecule is Fc1ccccc1Nc1ncccc1F. The summed E-state index contributed by atoms with van der Waals surface area (Å²) in [6, 6.07) is 8.77. The van der Waals surface area contributed by atoms with Crippen LogP contribution in [-0.4, -0.2) is 4.98 Å². The van der Waals surface area contributed by atoms with Crippen molar-refractivity contribution < 1.29 is 8.78 Å². The summed E-state index contributed by atoms with van der Waals surface area (Å²) in [5.74, 6) is -0.939. The lowest BCUT2D eigenvalue weighted by Gasteiger charge is -2.06. The second-order valence-electron chi connectivity index (χ2n) is 2.94. The molecule has 0 fully saturated rings. The van der Waals surface area contributed by atoms with E-state index in [0.29, 0.717) is 0 Å². The molecule has 0 atom stereocenters. The van der Waals surface area contributed by atoms with Gasteiger partial charge in [0.05, 0.1) is 5.69 Å². The lowest BCUT2D eigenvalue weighted by atomic mass is 10.3. The second-order valence-corrected chi connectivity index (χ2v) is 2.94. The molecule has 1 N–H and O–H groups in total. The summed E-state index contributed by atoms with van der Waals surface area (Å²) >= 11 is 0. The highest BCUT2D eigenvalue weighted by atomic mass is 19.1. The Kier molecular flexibility index (Phi) is 2.58. The quantitative estimate of drug-likeness (QED) is 0.816. The predicted molar refractivity (Wildman–Crippen MR) is 53.9 cm³/mol. The Balaban J connectivity index is 2.30. The maximum atomic E-state index is 13.2. The van der Waals surface area contributed by atoms with E-state index in [0.717, 1.165) is 0 Å². The first-order valence-electron chi connectivity index (χ1n) is 4.39. The third-order valence-corrected chi connectivity index (χ3v) is 1.89. The molecule has 0 radical (unpaired) electrons. The van der Waals surface area contributed by atoms with Crippen molar-refractivity contribution in [1.29, 1.82) is 0 Å². The molecule has 1 heterocycles. The van der Waals surface area contributed by atoms with Crippen molar-refractivity contribution in [2.45, 2.75) is 0 Å². The number of benzene rings is 1. The first kappa shape index (κ1) is 9.58.